The molecule has 35 heavy (non-hydrogen) atoms. The van der Waals surface area contributed by atoms with Gasteiger partial charge in [0.1, 0.15) is 23.4 Å². The maximum absolute atomic E-state index is 13.1. The average molecular weight is 516 g/mol. The highest BCUT2D eigenvalue weighted by Gasteiger charge is 2.39. The van der Waals surface area contributed by atoms with Crippen LogP contribution < -0.4 is 10.1 Å². The molecule has 1 fully saturated rings. The van der Waals surface area contributed by atoms with Gasteiger partial charge in [-0.3, -0.25) is 4.79 Å². The maximum atomic E-state index is 13.1. The second kappa shape index (κ2) is 9.69. The van der Waals surface area contributed by atoms with Gasteiger partial charge in [-0.2, -0.15) is 0 Å². The Morgan fingerprint density at radius 2 is 1.83 bits per heavy atom. The Labute approximate surface area is 209 Å². The van der Waals surface area contributed by atoms with Crippen LogP contribution in [-0.4, -0.2) is 49.7 Å². The lowest BCUT2D eigenvalue weighted by atomic mass is 9.97. The summed E-state index contributed by atoms with van der Waals surface area (Å²) >= 11 is 6.15. The lowest BCUT2D eigenvalue weighted by Gasteiger charge is -2.33. The predicted octanol–water partition coefficient (Wildman–Crippen LogP) is 3.85. The van der Waals surface area contributed by atoms with Crippen molar-refractivity contribution >= 4 is 33.6 Å². The molecule has 1 saturated heterocycles. The van der Waals surface area contributed by atoms with Crippen LogP contribution in [0, 0.1) is 0 Å². The van der Waals surface area contributed by atoms with E-state index in [0.717, 1.165) is 17.4 Å². The number of nitrogens with one attached hydrogen (secondary N) is 1. The molecule has 0 saturated carbocycles. The second-order valence-corrected chi connectivity index (χ2v) is 11.0. The Hall–Kier alpha value is -2.79. The number of rotatable bonds is 6. The SMILES string of the molecule is COc1ccc(NC(=O)C2CCc3nnc(C4CCN([S+](=O)([O-])c5ccccc5Cl)CC4)n32)cc1. The van der Waals surface area contributed by atoms with Crippen LogP contribution in [0.1, 0.15) is 42.9 Å². The molecule has 0 radical (unpaired) electrons. The van der Waals surface area contributed by atoms with Gasteiger partial charge in [0.25, 0.3) is 0 Å². The number of piperidine rings is 1. The van der Waals surface area contributed by atoms with Gasteiger partial charge in [-0.05, 0) is 55.7 Å². The Kier molecular flexibility index (Phi) is 6.63. The minimum Gasteiger partial charge on any atom is -0.593 e. The zero-order valence-electron chi connectivity index (χ0n) is 19.2. The van der Waals surface area contributed by atoms with E-state index in [9.17, 15) is 13.6 Å². The third-order valence-corrected chi connectivity index (χ3v) is 9.08. The number of carbonyl (C=O) groups excluding carboxylic acids is 1. The molecule has 184 valence electrons. The number of hydrogen-bond donors (Lipinski definition) is 1. The van der Waals surface area contributed by atoms with Gasteiger partial charge in [0.05, 0.1) is 12.1 Å². The average Bonchev–Trinajstić information content (AvgIpc) is 3.47. The molecule has 2 aliphatic heterocycles. The largest absolute Gasteiger partial charge is 0.593 e. The van der Waals surface area contributed by atoms with Crippen molar-refractivity contribution in [3.8, 4) is 5.75 Å². The molecule has 1 aromatic heterocycles. The first kappa shape index (κ1) is 23.9. The lowest BCUT2D eigenvalue weighted by Crippen LogP contribution is -2.42. The highest BCUT2D eigenvalue weighted by Crippen LogP contribution is 2.37. The molecule has 3 aromatic rings. The van der Waals surface area contributed by atoms with Crippen LogP contribution in [0.4, 0.5) is 5.69 Å². The van der Waals surface area contributed by atoms with E-state index in [1.807, 2.05) is 4.57 Å². The van der Waals surface area contributed by atoms with E-state index in [1.54, 1.807) is 49.6 Å². The molecule has 2 aliphatic rings. The highest BCUT2D eigenvalue weighted by molar-refractivity contribution is 7.95. The quantitative estimate of drug-likeness (QED) is 0.499. The lowest BCUT2D eigenvalue weighted by molar-refractivity contribution is -0.119. The van der Waals surface area contributed by atoms with Gasteiger partial charge in [0.2, 0.25) is 5.91 Å². The second-order valence-electron chi connectivity index (χ2n) is 8.73. The van der Waals surface area contributed by atoms with E-state index in [-0.39, 0.29) is 21.7 Å². The molecule has 9 nitrogen and oxygen atoms in total. The first-order valence-corrected chi connectivity index (χ1v) is 13.3. The summed E-state index contributed by atoms with van der Waals surface area (Å²) in [5, 5.41) is 11.9. The fourth-order valence-corrected chi connectivity index (χ4v) is 6.78. The highest BCUT2D eigenvalue weighted by atomic mass is 35.5. The number of aryl methyl sites for hydroxylation is 1. The van der Waals surface area contributed by atoms with Crippen molar-refractivity contribution in [3.63, 3.8) is 0 Å². The molecule has 2 aromatic carbocycles. The summed E-state index contributed by atoms with van der Waals surface area (Å²) in [5.74, 6) is 2.16. The number of amides is 1. The Morgan fingerprint density at radius 3 is 2.51 bits per heavy atom. The first-order valence-electron chi connectivity index (χ1n) is 11.5. The Morgan fingerprint density at radius 1 is 1.11 bits per heavy atom. The smallest absolute Gasteiger partial charge is 0.247 e. The van der Waals surface area contributed by atoms with E-state index in [2.05, 4.69) is 15.5 Å². The summed E-state index contributed by atoms with van der Waals surface area (Å²) in [6.07, 6.45) is 2.51. The number of carbonyl (C=O) groups is 1. The Balaban J connectivity index is 1.29. The standard InChI is InChI=1S/C24H26ClN5O4S/c1-34-18-8-6-17(7-9-18)26-24(31)20-10-11-22-27-28-23(30(20)22)16-12-14-29(15-13-16)35(32,33)21-5-3-2-4-19(21)25/h2-9,16,20H,10-15H2,1H3,(H-,26,31,32,33). The number of benzene rings is 2. The molecule has 0 spiro atoms. The van der Waals surface area contributed by atoms with E-state index >= 15 is 0 Å². The summed E-state index contributed by atoms with van der Waals surface area (Å²) in [5.41, 5.74) is 0.692. The van der Waals surface area contributed by atoms with E-state index in [0.29, 0.717) is 44.5 Å². The number of nitrogens with zero attached hydrogens (tertiary/aromatic N) is 4. The van der Waals surface area contributed by atoms with Gasteiger partial charge < -0.3 is 19.2 Å². The van der Waals surface area contributed by atoms with E-state index in [4.69, 9.17) is 16.3 Å². The third-order valence-electron chi connectivity index (χ3n) is 6.68. The summed E-state index contributed by atoms with van der Waals surface area (Å²) in [6.45, 7) is 0.701. The summed E-state index contributed by atoms with van der Waals surface area (Å²) in [6, 6.07) is 13.3. The van der Waals surface area contributed by atoms with Gasteiger partial charge in [0, 0.05) is 31.1 Å². The fourth-order valence-electron chi connectivity index (χ4n) is 4.82. The number of anilines is 1. The van der Waals surface area contributed by atoms with Crippen LogP contribution in [0.3, 0.4) is 0 Å². The molecule has 11 heteroatoms. The molecular formula is C24H26ClN5O4S. The van der Waals surface area contributed by atoms with Crippen molar-refractivity contribution in [2.24, 2.45) is 0 Å². The number of aromatic nitrogens is 3. The summed E-state index contributed by atoms with van der Waals surface area (Å²) in [4.78, 5) is 13.2. The molecule has 2 atom stereocenters. The van der Waals surface area contributed by atoms with Gasteiger partial charge >= 0.3 is 0 Å². The third kappa shape index (κ3) is 4.58. The number of fused-ring (bicyclic) bond motifs is 1. The summed E-state index contributed by atoms with van der Waals surface area (Å²) in [7, 11) is -2.08. The van der Waals surface area contributed by atoms with Crippen LogP contribution in [0.5, 0.6) is 5.75 Å². The maximum Gasteiger partial charge on any atom is 0.247 e. The number of methoxy groups -OCH3 is 1. The number of sulfonamides is 1. The van der Waals surface area contributed by atoms with Gasteiger partial charge in [-0.1, -0.05) is 27.9 Å². The molecule has 2 unspecified atom stereocenters. The molecule has 3 heterocycles. The Bertz CT molecular complexity index is 1270. The minimum atomic E-state index is -3.67. The van der Waals surface area contributed by atoms with Crippen LogP contribution in [0.25, 0.3) is 0 Å². The molecule has 1 amide bonds. The van der Waals surface area contributed by atoms with Crippen LogP contribution in [0.2, 0.25) is 5.02 Å². The number of hydrogen-bond acceptors (Lipinski definition) is 6. The molecule has 1 N–H and O–H groups in total. The number of halogens is 1. The molecule has 0 bridgehead atoms. The fraction of sp³-hybridized carbons (Fsp3) is 0.375. The predicted molar refractivity (Wildman–Crippen MR) is 131 cm³/mol. The van der Waals surface area contributed by atoms with Crippen molar-refractivity contribution in [2.75, 3.05) is 25.5 Å². The van der Waals surface area contributed by atoms with Crippen molar-refractivity contribution in [1.29, 1.82) is 0 Å². The zero-order valence-corrected chi connectivity index (χ0v) is 20.8. The molecular weight excluding hydrogens is 490 g/mol. The zero-order chi connectivity index (χ0) is 24.6. The van der Waals surface area contributed by atoms with Crippen molar-refractivity contribution in [3.05, 3.63) is 65.2 Å². The van der Waals surface area contributed by atoms with Crippen molar-refractivity contribution in [1.82, 2.24) is 19.1 Å². The van der Waals surface area contributed by atoms with Crippen molar-refractivity contribution < 1.29 is 18.3 Å². The van der Waals surface area contributed by atoms with E-state index in [1.165, 1.54) is 10.4 Å². The first-order chi connectivity index (χ1) is 16.9. The van der Waals surface area contributed by atoms with Crippen LogP contribution in [0.15, 0.2) is 53.4 Å². The number of ether oxygens (including phenoxy) is 1. The van der Waals surface area contributed by atoms with Crippen LogP contribution >= 0.6 is 11.6 Å². The van der Waals surface area contributed by atoms with Gasteiger partial charge in [-0.15, -0.1) is 14.5 Å². The molecule has 5 rings (SSSR count). The molecule has 0 aliphatic carbocycles. The van der Waals surface area contributed by atoms with Crippen LogP contribution in [-0.2, 0) is 25.8 Å². The monoisotopic (exact) mass is 515 g/mol. The van der Waals surface area contributed by atoms with E-state index < -0.39 is 16.4 Å². The van der Waals surface area contributed by atoms with Crippen molar-refractivity contribution in [2.45, 2.75) is 42.5 Å². The minimum absolute atomic E-state index is 0.0170. The van der Waals surface area contributed by atoms with Gasteiger partial charge in [-0.25, -0.2) is 0 Å². The van der Waals surface area contributed by atoms with Gasteiger partial charge in [0.15, 0.2) is 15.3 Å². The summed E-state index contributed by atoms with van der Waals surface area (Å²) < 4.78 is 34.8. The normalized spacial score (nSPS) is 20.3. The topological polar surface area (TPSA) is 112 Å².